The first-order valence-corrected chi connectivity index (χ1v) is 10.8. The molecule has 0 N–H and O–H groups in total. The molecule has 0 aliphatic heterocycles. The second-order valence-corrected chi connectivity index (χ2v) is 8.85. The maximum absolute atomic E-state index is 15.2. The highest BCUT2D eigenvalue weighted by Gasteiger charge is 2.31. The van der Waals surface area contributed by atoms with Crippen LogP contribution in [0.3, 0.4) is 0 Å². The Morgan fingerprint density at radius 2 is 1.97 bits per heavy atom. The molecule has 0 radical (unpaired) electrons. The zero-order valence-corrected chi connectivity index (χ0v) is 19.0. The molecule has 0 spiro atoms. The van der Waals surface area contributed by atoms with Gasteiger partial charge >= 0.3 is 5.97 Å². The summed E-state index contributed by atoms with van der Waals surface area (Å²) in [5.41, 5.74) is 3.05. The molecule has 4 heteroatoms. The molecule has 0 heterocycles. The molecular formula is C26H34F2O2. The van der Waals surface area contributed by atoms with Crippen molar-refractivity contribution in [1.82, 2.24) is 0 Å². The van der Waals surface area contributed by atoms with Crippen LogP contribution in [0.1, 0.15) is 89.1 Å². The van der Waals surface area contributed by atoms with Crippen LogP contribution in [-0.4, -0.2) is 12.6 Å². The largest absolute Gasteiger partial charge is 0.462 e. The van der Waals surface area contributed by atoms with Crippen molar-refractivity contribution < 1.29 is 18.3 Å². The zero-order chi connectivity index (χ0) is 22.5. The molecule has 0 amide bonds. The van der Waals surface area contributed by atoms with E-state index in [4.69, 9.17) is 4.74 Å². The van der Waals surface area contributed by atoms with Crippen molar-refractivity contribution >= 4 is 11.8 Å². The molecule has 0 saturated heterocycles. The van der Waals surface area contributed by atoms with Crippen molar-refractivity contribution in [3.8, 4) is 0 Å². The predicted octanol–water partition coefficient (Wildman–Crippen LogP) is 7.96. The first kappa shape index (κ1) is 24.0. The Hall–Kier alpha value is -2.23. The van der Waals surface area contributed by atoms with Gasteiger partial charge in [0.15, 0.2) is 0 Å². The monoisotopic (exact) mass is 416 g/mol. The van der Waals surface area contributed by atoms with Crippen molar-refractivity contribution in [2.45, 2.75) is 73.1 Å². The third kappa shape index (κ3) is 5.47. The van der Waals surface area contributed by atoms with E-state index in [1.54, 1.807) is 6.92 Å². The molecule has 0 aromatic heterocycles. The van der Waals surface area contributed by atoms with Gasteiger partial charge in [0.2, 0.25) is 0 Å². The lowest BCUT2D eigenvalue weighted by Crippen LogP contribution is -2.22. The number of halogens is 2. The van der Waals surface area contributed by atoms with Gasteiger partial charge in [-0.3, -0.25) is 0 Å². The van der Waals surface area contributed by atoms with Crippen molar-refractivity contribution in [1.29, 1.82) is 0 Å². The van der Waals surface area contributed by atoms with Crippen LogP contribution in [0.5, 0.6) is 0 Å². The lowest BCUT2D eigenvalue weighted by atomic mass is 9.69. The van der Waals surface area contributed by atoms with Crippen molar-refractivity contribution in [3.05, 3.63) is 64.0 Å². The van der Waals surface area contributed by atoms with Crippen LogP contribution < -0.4 is 0 Å². The average molecular weight is 417 g/mol. The summed E-state index contributed by atoms with van der Waals surface area (Å²) in [4.78, 5) is 12.1. The minimum Gasteiger partial charge on any atom is -0.462 e. The SMILES string of the molecule is C=C(C(C)=C(F)c1ccc(C(=O)OCCCCC)cc1F)C1=C(C)CCCC1(C)C. The Bertz CT molecular complexity index is 875. The van der Waals surface area contributed by atoms with Crippen molar-refractivity contribution in [3.63, 3.8) is 0 Å². The van der Waals surface area contributed by atoms with Gasteiger partial charge in [-0.15, -0.1) is 0 Å². The van der Waals surface area contributed by atoms with E-state index in [0.29, 0.717) is 17.8 Å². The Morgan fingerprint density at radius 1 is 1.27 bits per heavy atom. The minimum atomic E-state index is -0.781. The molecule has 2 rings (SSSR count). The van der Waals surface area contributed by atoms with Gasteiger partial charge in [-0.25, -0.2) is 13.6 Å². The maximum atomic E-state index is 15.2. The molecule has 0 saturated carbocycles. The quantitative estimate of drug-likeness (QED) is 0.244. The molecule has 0 atom stereocenters. The first-order chi connectivity index (χ1) is 14.1. The van der Waals surface area contributed by atoms with E-state index in [-0.39, 0.29) is 16.5 Å². The van der Waals surface area contributed by atoms with Crippen LogP contribution in [0.25, 0.3) is 5.83 Å². The maximum Gasteiger partial charge on any atom is 0.338 e. The van der Waals surface area contributed by atoms with Crippen LogP contribution in [0.2, 0.25) is 0 Å². The van der Waals surface area contributed by atoms with E-state index >= 15 is 4.39 Å². The fraction of sp³-hybridized carbons (Fsp3) is 0.500. The fourth-order valence-corrected chi connectivity index (χ4v) is 4.23. The molecular weight excluding hydrogens is 382 g/mol. The predicted molar refractivity (Wildman–Crippen MR) is 119 cm³/mol. The minimum absolute atomic E-state index is 0.0870. The Labute approximate surface area is 179 Å². The Kier molecular flexibility index (Phi) is 8.17. The van der Waals surface area contributed by atoms with E-state index in [1.807, 2.05) is 0 Å². The molecule has 1 aromatic rings. The molecule has 1 aromatic carbocycles. The summed E-state index contributed by atoms with van der Waals surface area (Å²) in [6, 6.07) is 3.75. The lowest BCUT2D eigenvalue weighted by molar-refractivity contribution is 0.0497. The van der Waals surface area contributed by atoms with Gasteiger partial charge in [-0.05, 0) is 79.9 Å². The summed E-state index contributed by atoms with van der Waals surface area (Å²) < 4.78 is 35.1. The smallest absolute Gasteiger partial charge is 0.338 e. The normalized spacial score (nSPS) is 16.9. The third-order valence-electron chi connectivity index (χ3n) is 5.96. The second-order valence-electron chi connectivity index (χ2n) is 8.85. The van der Waals surface area contributed by atoms with Gasteiger partial charge in [0, 0.05) is 5.56 Å². The number of hydrogen-bond acceptors (Lipinski definition) is 2. The van der Waals surface area contributed by atoms with Gasteiger partial charge in [0.05, 0.1) is 12.2 Å². The summed E-state index contributed by atoms with van der Waals surface area (Å²) in [5, 5.41) is 0. The molecule has 1 aliphatic carbocycles. The number of unbranched alkanes of at least 4 members (excludes halogenated alkanes) is 2. The first-order valence-electron chi connectivity index (χ1n) is 10.8. The van der Waals surface area contributed by atoms with E-state index in [1.165, 1.54) is 17.7 Å². The summed E-state index contributed by atoms with van der Waals surface area (Å²) in [7, 11) is 0. The number of hydrogen-bond donors (Lipinski definition) is 0. The third-order valence-corrected chi connectivity index (χ3v) is 5.96. The number of carbonyl (C=O) groups is 1. The number of rotatable bonds is 8. The number of ether oxygens (including phenoxy) is 1. The van der Waals surface area contributed by atoms with E-state index in [0.717, 1.165) is 50.2 Å². The average Bonchev–Trinajstić information content (AvgIpc) is 2.69. The van der Waals surface area contributed by atoms with Crippen molar-refractivity contribution in [2.75, 3.05) is 6.61 Å². The van der Waals surface area contributed by atoms with E-state index in [9.17, 15) is 9.18 Å². The summed E-state index contributed by atoms with van der Waals surface area (Å²) in [6.45, 7) is 14.5. The fourth-order valence-electron chi connectivity index (χ4n) is 4.23. The number of esters is 1. The number of allylic oxidation sites excluding steroid dienone is 4. The van der Waals surface area contributed by atoms with Gasteiger partial charge in [0.1, 0.15) is 11.6 Å². The molecule has 0 fully saturated rings. The molecule has 0 bridgehead atoms. The highest BCUT2D eigenvalue weighted by molar-refractivity contribution is 5.90. The molecule has 30 heavy (non-hydrogen) atoms. The molecule has 164 valence electrons. The zero-order valence-electron chi connectivity index (χ0n) is 19.0. The van der Waals surface area contributed by atoms with Crippen LogP contribution in [-0.2, 0) is 4.74 Å². The van der Waals surface area contributed by atoms with Gasteiger partial charge in [-0.1, -0.05) is 45.8 Å². The van der Waals surface area contributed by atoms with Crippen LogP contribution in [0.15, 0.2) is 47.1 Å². The highest BCUT2D eigenvalue weighted by Crippen LogP contribution is 2.46. The van der Waals surface area contributed by atoms with Gasteiger partial charge in [-0.2, -0.15) is 0 Å². The Balaban J connectivity index is 2.27. The van der Waals surface area contributed by atoms with Crippen LogP contribution in [0, 0.1) is 11.2 Å². The summed E-state index contributed by atoms with van der Waals surface area (Å²) in [6.07, 6.45) is 5.84. The molecule has 0 unspecified atom stereocenters. The summed E-state index contributed by atoms with van der Waals surface area (Å²) in [5.74, 6) is -2.02. The van der Waals surface area contributed by atoms with Crippen molar-refractivity contribution in [2.24, 2.45) is 5.41 Å². The van der Waals surface area contributed by atoms with E-state index < -0.39 is 17.6 Å². The molecule has 1 aliphatic rings. The lowest BCUT2D eigenvalue weighted by Gasteiger charge is -2.36. The topological polar surface area (TPSA) is 26.3 Å². The number of carbonyl (C=O) groups excluding carboxylic acids is 1. The van der Waals surface area contributed by atoms with Gasteiger partial charge in [0.25, 0.3) is 0 Å². The molecule has 2 nitrogen and oxygen atoms in total. The van der Waals surface area contributed by atoms with Crippen LogP contribution >= 0.6 is 0 Å². The standard InChI is InChI=1S/C26H34F2O2/c1-7-8-9-15-30-25(29)20-12-13-21(22(27)16-20)24(28)19(4)18(3)23-17(2)11-10-14-26(23,5)6/h12-13,16H,3,7-11,14-15H2,1-2,4-6H3. The highest BCUT2D eigenvalue weighted by atomic mass is 19.1. The summed E-state index contributed by atoms with van der Waals surface area (Å²) >= 11 is 0. The van der Waals surface area contributed by atoms with Crippen LogP contribution in [0.4, 0.5) is 8.78 Å². The number of benzene rings is 1. The van der Waals surface area contributed by atoms with E-state index in [2.05, 4.69) is 34.3 Å². The van der Waals surface area contributed by atoms with Gasteiger partial charge < -0.3 is 4.74 Å². The second kappa shape index (κ2) is 10.2. The Morgan fingerprint density at radius 3 is 2.57 bits per heavy atom.